The van der Waals surface area contributed by atoms with Crippen LogP contribution >= 0.6 is 11.6 Å². The summed E-state index contributed by atoms with van der Waals surface area (Å²) in [6.45, 7) is 4.60. The second kappa shape index (κ2) is 6.94. The van der Waals surface area contributed by atoms with Crippen molar-refractivity contribution in [2.45, 2.75) is 38.8 Å². The number of hydrogen-bond donors (Lipinski definition) is 3. The fourth-order valence-corrected chi connectivity index (χ4v) is 3.89. The maximum Gasteiger partial charge on any atom is 0.311 e. The van der Waals surface area contributed by atoms with Crippen molar-refractivity contribution in [2.24, 2.45) is 11.3 Å². The number of carboxylic acids is 1. The van der Waals surface area contributed by atoms with Crippen LogP contribution in [0, 0.1) is 11.3 Å². The molecule has 2 fully saturated rings. The number of nitrogens with zero attached hydrogens (tertiary/aromatic N) is 1. The zero-order valence-corrected chi connectivity index (χ0v) is 15.2. The van der Waals surface area contributed by atoms with Crippen molar-refractivity contribution in [3.63, 3.8) is 0 Å². The van der Waals surface area contributed by atoms with Crippen LogP contribution in [0.2, 0.25) is 5.02 Å². The number of halogens is 1. The second-order valence-electron chi connectivity index (χ2n) is 7.31. The molecule has 0 bridgehead atoms. The van der Waals surface area contributed by atoms with Gasteiger partial charge in [0, 0.05) is 24.2 Å². The molecule has 1 aromatic rings. The van der Waals surface area contributed by atoms with Gasteiger partial charge in [0.15, 0.2) is 0 Å². The van der Waals surface area contributed by atoms with E-state index >= 15 is 0 Å². The second-order valence-corrected chi connectivity index (χ2v) is 7.74. The summed E-state index contributed by atoms with van der Waals surface area (Å²) in [4.78, 5) is 26.3. The molecule has 0 aliphatic carbocycles. The lowest BCUT2D eigenvalue weighted by Crippen LogP contribution is -2.47. The van der Waals surface area contributed by atoms with Crippen LogP contribution in [0.15, 0.2) is 24.3 Å². The molecule has 0 spiro atoms. The van der Waals surface area contributed by atoms with Gasteiger partial charge in [-0.2, -0.15) is 0 Å². The number of aliphatic carboxylic acids is 1. The van der Waals surface area contributed by atoms with Crippen LogP contribution in [0.5, 0.6) is 0 Å². The van der Waals surface area contributed by atoms with Gasteiger partial charge in [0.05, 0.1) is 5.41 Å². The van der Waals surface area contributed by atoms with Gasteiger partial charge < -0.3 is 10.0 Å². The highest BCUT2D eigenvalue weighted by atomic mass is 35.5. The largest absolute Gasteiger partial charge is 0.481 e. The van der Waals surface area contributed by atoms with Gasteiger partial charge >= 0.3 is 5.97 Å². The molecule has 1 amide bonds. The molecule has 3 N–H and O–H groups in total. The molecule has 2 saturated heterocycles. The Labute approximate surface area is 152 Å². The van der Waals surface area contributed by atoms with Gasteiger partial charge in [-0.1, -0.05) is 37.6 Å². The first-order chi connectivity index (χ1) is 11.8. The minimum Gasteiger partial charge on any atom is -0.481 e. The minimum absolute atomic E-state index is 0.0146. The van der Waals surface area contributed by atoms with Crippen molar-refractivity contribution in [2.75, 3.05) is 13.1 Å². The summed E-state index contributed by atoms with van der Waals surface area (Å²) in [5.41, 5.74) is 6.45. The predicted molar refractivity (Wildman–Crippen MR) is 95.0 cm³/mol. The fourth-order valence-electron chi connectivity index (χ4n) is 3.77. The first-order valence-electron chi connectivity index (χ1n) is 8.62. The molecular weight excluding hydrogens is 342 g/mol. The number of nitrogens with one attached hydrogen (secondary N) is 2. The van der Waals surface area contributed by atoms with E-state index in [-0.39, 0.29) is 30.5 Å². The van der Waals surface area contributed by atoms with Crippen molar-refractivity contribution in [3.8, 4) is 0 Å². The van der Waals surface area contributed by atoms with Crippen LogP contribution in [-0.4, -0.2) is 41.0 Å². The molecule has 3 rings (SSSR count). The number of hydrazine groups is 1. The van der Waals surface area contributed by atoms with Gasteiger partial charge in [-0.15, -0.1) is 0 Å². The summed E-state index contributed by atoms with van der Waals surface area (Å²) >= 11 is 5.92. The van der Waals surface area contributed by atoms with E-state index in [1.807, 2.05) is 38.1 Å². The first kappa shape index (κ1) is 18.2. The molecule has 25 heavy (non-hydrogen) atoms. The summed E-state index contributed by atoms with van der Waals surface area (Å²) in [6, 6.07) is 7.23. The van der Waals surface area contributed by atoms with Crippen LogP contribution in [0.3, 0.4) is 0 Å². The number of carbonyl (C=O) groups is 2. The Morgan fingerprint density at radius 1 is 1.28 bits per heavy atom. The normalized spacial score (nSPS) is 29.4. The lowest BCUT2D eigenvalue weighted by Gasteiger charge is -2.29. The minimum atomic E-state index is -0.836. The molecule has 3 atom stereocenters. The van der Waals surface area contributed by atoms with Crippen molar-refractivity contribution >= 4 is 23.5 Å². The van der Waals surface area contributed by atoms with E-state index in [0.717, 1.165) is 5.56 Å². The zero-order chi connectivity index (χ0) is 18.2. The van der Waals surface area contributed by atoms with Crippen molar-refractivity contribution in [1.82, 2.24) is 15.8 Å². The molecule has 6 nitrogen and oxygen atoms in total. The Morgan fingerprint density at radius 2 is 1.96 bits per heavy atom. The molecule has 2 heterocycles. The zero-order valence-electron chi connectivity index (χ0n) is 14.5. The van der Waals surface area contributed by atoms with E-state index < -0.39 is 11.4 Å². The van der Waals surface area contributed by atoms with Gasteiger partial charge in [0.1, 0.15) is 6.04 Å². The van der Waals surface area contributed by atoms with E-state index in [4.69, 9.17) is 11.6 Å². The molecule has 0 saturated carbocycles. The fraction of sp³-hybridized carbons (Fsp3) is 0.556. The maximum atomic E-state index is 12.8. The van der Waals surface area contributed by atoms with E-state index in [0.29, 0.717) is 24.4 Å². The molecule has 2 aliphatic heterocycles. The number of carboxylic acid groups (broad SMARTS) is 1. The lowest BCUT2D eigenvalue weighted by atomic mass is 9.76. The van der Waals surface area contributed by atoms with E-state index in [1.165, 1.54) is 0 Å². The third-order valence-corrected chi connectivity index (χ3v) is 5.87. The summed E-state index contributed by atoms with van der Waals surface area (Å²) in [6.07, 6.45) is 1.13. The molecule has 3 unspecified atom stereocenters. The molecule has 0 radical (unpaired) electrons. The molecule has 0 aromatic heterocycles. The Morgan fingerprint density at radius 3 is 2.52 bits per heavy atom. The third-order valence-electron chi connectivity index (χ3n) is 5.62. The quantitative estimate of drug-likeness (QED) is 0.762. The number of rotatable bonds is 4. The van der Waals surface area contributed by atoms with E-state index in [9.17, 15) is 14.7 Å². The number of carbonyl (C=O) groups excluding carboxylic acids is 1. The number of likely N-dealkylation sites (tertiary alicyclic amines) is 1. The lowest BCUT2D eigenvalue weighted by molar-refractivity contribution is -0.151. The third kappa shape index (κ3) is 3.38. The van der Waals surface area contributed by atoms with E-state index in [2.05, 4.69) is 10.9 Å². The van der Waals surface area contributed by atoms with Crippen LogP contribution in [0.4, 0.5) is 0 Å². The van der Waals surface area contributed by atoms with Gasteiger partial charge in [-0.25, -0.2) is 10.9 Å². The maximum absolute atomic E-state index is 12.8. The smallest absolute Gasteiger partial charge is 0.311 e. The Kier molecular flexibility index (Phi) is 5.04. The number of hydrogen-bond acceptors (Lipinski definition) is 4. The van der Waals surface area contributed by atoms with Crippen LogP contribution < -0.4 is 10.9 Å². The Hall–Kier alpha value is -1.63. The van der Waals surface area contributed by atoms with E-state index in [1.54, 1.807) is 4.90 Å². The van der Waals surface area contributed by atoms with Gasteiger partial charge in [-0.3, -0.25) is 9.59 Å². The number of benzene rings is 1. The summed E-state index contributed by atoms with van der Waals surface area (Å²) in [7, 11) is 0. The Bertz CT molecular complexity index is 664. The van der Waals surface area contributed by atoms with Gasteiger partial charge in [0.25, 0.3) is 0 Å². The van der Waals surface area contributed by atoms with Gasteiger partial charge in [0.2, 0.25) is 5.91 Å². The van der Waals surface area contributed by atoms with Crippen LogP contribution in [0.25, 0.3) is 0 Å². The average molecular weight is 366 g/mol. The summed E-state index contributed by atoms with van der Waals surface area (Å²) in [5, 5.41) is 10.3. The SMILES string of the molecule is CC(C)C1(C(=O)O)CCN(C(=O)C2CC(c3ccc(Cl)cc3)NN2)C1. The van der Waals surface area contributed by atoms with Crippen molar-refractivity contribution < 1.29 is 14.7 Å². The predicted octanol–water partition coefficient (Wildman–Crippen LogP) is 2.21. The summed E-state index contributed by atoms with van der Waals surface area (Å²) in [5.74, 6) is -0.860. The van der Waals surface area contributed by atoms with Crippen LogP contribution in [0.1, 0.15) is 38.3 Å². The topological polar surface area (TPSA) is 81.7 Å². The monoisotopic (exact) mass is 365 g/mol. The molecule has 7 heteroatoms. The number of amides is 1. The van der Waals surface area contributed by atoms with Crippen molar-refractivity contribution in [3.05, 3.63) is 34.9 Å². The van der Waals surface area contributed by atoms with Crippen molar-refractivity contribution in [1.29, 1.82) is 0 Å². The highest BCUT2D eigenvalue weighted by Crippen LogP contribution is 2.38. The molecular formula is C18H24ClN3O3. The highest BCUT2D eigenvalue weighted by molar-refractivity contribution is 6.30. The molecule has 136 valence electrons. The standard InChI is InChI=1S/C18H24ClN3O3/c1-11(2)18(17(24)25)7-8-22(10-18)16(23)15-9-14(20-21-15)12-3-5-13(19)6-4-12/h3-6,11,14-15,20-21H,7-10H2,1-2H3,(H,24,25). The highest BCUT2D eigenvalue weighted by Gasteiger charge is 2.49. The molecule has 1 aromatic carbocycles. The first-order valence-corrected chi connectivity index (χ1v) is 9.00. The molecule has 2 aliphatic rings. The Balaban J connectivity index is 1.65. The summed E-state index contributed by atoms with van der Waals surface area (Å²) < 4.78 is 0. The van der Waals surface area contributed by atoms with Crippen LogP contribution in [-0.2, 0) is 9.59 Å². The average Bonchev–Trinajstić information content (AvgIpc) is 3.23. The van der Waals surface area contributed by atoms with Gasteiger partial charge in [-0.05, 0) is 36.5 Å².